The Morgan fingerprint density at radius 3 is 2.54 bits per heavy atom. The number of rotatable bonds is 5. The van der Waals surface area contributed by atoms with Crippen molar-refractivity contribution in [2.75, 3.05) is 12.4 Å². The van der Waals surface area contributed by atoms with Gasteiger partial charge < -0.3 is 5.32 Å². The third-order valence-electron chi connectivity index (χ3n) is 3.72. The minimum atomic E-state index is -3.62. The number of hydrogen-bond acceptors (Lipinski definition) is 5. The number of para-hydroxylation sites is 1. The number of hydrogen-bond donors (Lipinski definition) is 2. The molecule has 0 unspecified atom stereocenters. The van der Waals surface area contributed by atoms with E-state index in [1.165, 1.54) is 24.1 Å². The number of sulfonamides is 1. The van der Waals surface area contributed by atoms with Gasteiger partial charge in [0.1, 0.15) is 0 Å². The van der Waals surface area contributed by atoms with Gasteiger partial charge >= 0.3 is 0 Å². The molecule has 1 heterocycles. The van der Waals surface area contributed by atoms with Crippen LogP contribution in [0.5, 0.6) is 0 Å². The van der Waals surface area contributed by atoms with Gasteiger partial charge in [-0.15, -0.1) is 5.10 Å². The number of aromatic nitrogens is 3. The van der Waals surface area contributed by atoms with E-state index in [0.717, 1.165) is 5.69 Å². The van der Waals surface area contributed by atoms with E-state index in [2.05, 4.69) is 20.2 Å². The van der Waals surface area contributed by atoms with Crippen LogP contribution in [0.15, 0.2) is 59.6 Å². The third-order valence-corrected chi connectivity index (χ3v) is 5.27. The highest BCUT2D eigenvalue weighted by Gasteiger charge is 2.17. The summed E-state index contributed by atoms with van der Waals surface area (Å²) in [4.78, 5) is 13.8. The molecule has 0 saturated carbocycles. The maximum atomic E-state index is 12.4. The van der Waals surface area contributed by atoms with Crippen LogP contribution in [-0.4, -0.2) is 36.4 Å². The minimum absolute atomic E-state index is 0.103. The van der Waals surface area contributed by atoms with Gasteiger partial charge in [-0.3, -0.25) is 4.79 Å². The Morgan fingerprint density at radius 2 is 1.85 bits per heavy atom. The van der Waals surface area contributed by atoms with Crippen LogP contribution in [0, 0.1) is 6.92 Å². The van der Waals surface area contributed by atoms with Crippen LogP contribution in [0.4, 0.5) is 5.69 Å². The van der Waals surface area contributed by atoms with Crippen LogP contribution < -0.4 is 10.0 Å². The molecule has 134 valence electrons. The normalized spacial score (nSPS) is 11.3. The molecule has 1 aromatic heterocycles. The van der Waals surface area contributed by atoms with Crippen LogP contribution in [0.25, 0.3) is 5.69 Å². The zero-order valence-corrected chi connectivity index (χ0v) is 15.0. The molecule has 0 bridgehead atoms. The summed E-state index contributed by atoms with van der Waals surface area (Å²) in [6.45, 7) is 1.68. The number of amides is 1. The van der Waals surface area contributed by atoms with Gasteiger partial charge in [0.15, 0.2) is 5.69 Å². The molecule has 2 N–H and O–H groups in total. The molecule has 0 fully saturated rings. The molecule has 0 aliphatic heterocycles. The fraction of sp³-hybridized carbons (Fsp3) is 0.118. The summed E-state index contributed by atoms with van der Waals surface area (Å²) in [6.07, 6.45) is 1.35. The highest BCUT2D eigenvalue weighted by Crippen LogP contribution is 2.20. The molecule has 26 heavy (non-hydrogen) atoms. The molecule has 3 rings (SSSR count). The van der Waals surface area contributed by atoms with Crippen LogP contribution >= 0.6 is 0 Å². The number of carbonyl (C=O) groups excluding carboxylic acids is 1. The third kappa shape index (κ3) is 3.63. The highest BCUT2D eigenvalue weighted by molar-refractivity contribution is 7.89. The van der Waals surface area contributed by atoms with Gasteiger partial charge in [-0.1, -0.05) is 24.3 Å². The number of benzene rings is 2. The van der Waals surface area contributed by atoms with Gasteiger partial charge in [0.2, 0.25) is 10.0 Å². The Kier molecular flexibility index (Phi) is 4.83. The summed E-state index contributed by atoms with van der Waals surface area (Å²) in [7, 11) is -2.28. The van der Waals surface area contributed by atoms with Crippen molar-refractivity contribution in [1.82, 2.24) is 19.7 Å². The van der Waals surface area contributed by atoms with E-state index >= 15 is 0 Å². The summed E-state index contributed by atoms with van der Waals surface area (Å²) < 4.78 is 26.3. The number of carbonyl (C=O) groups is 1. The van der Waals surface area contributed by atoms with Crippen molar-refractivity contribution in [3.8, 4) is 5.69 Å². The first-order valence-electron chi connectivity index (χ1n) is 7.74. The van der Waals surface area contributed by atoms with Crippen LogP contribution in [0.1, 0.15) is 16.1 Å². The zero-order chi connectivity index (χ0) is 18.7. The first-order chi connectivity index (χ1) is 12.4. The van der Waals surface area contributed by atoms with Crippen LogP contribution in [-0.2, 0) is 10.0 Å². The fourth-order valence-corrected chi connectivity index (χ4v) is 3.32. The van der Waals surface area contributed by atoms with Gasteiger partial charge in [-0.25, -0.2) is 13.1 Å². The Hall–Kier alpha value is -3.04. The average Bonchev–Trinajstić information content (AvgIpc) is 3.14. The van der Waals surface area contributed by atoms with Crippen molar-refractivity contribution in [1.29, 1.82) is 0 Å². The number of aryl methyl sites for hydroxylation is 1. The summed E-state index contributed by atoms with van der Waals surface area (Å²) in [5, 5.41) is 10.9. The second kappa shape index (κ2) is 7.06. The average molecular weight is 371 g/mol. The second-order valence-corrected chi connectivity index (χ2v) is 7.35. The quantitative estimate of drug-likeness (QED) is 0.710. The molecule has 0 saturated heterocycles. The SMILES string of the molecule is CNS(=O)(=O)c1cc(NC(=O)c2cnn(-c3ccccc3)n2)ccc1C. The van der Waals surface area contributed by atoms with Gasteiger partial charge in [0.25, 0.3) is 5.91 Å². The van der Waals surface area contributed by atoms with Crippen molar-refractivity contribution in [2.45, 2.75) is 11.8 Å². The van der Waals surface area contributed by atoms with E-state index in [1.807, 2.05) is 30.3 Å². The largest absolute Gasteiger partial charge is 0.321 e. The molecule has 0 radical (unpaired) electrons. The highest BCUT2D eigenvalue weighted by atomic mass is 32.2. The van der Waals surface area contributed by atoms with Gasteiger partial charge in [0, 0.05) is 5.69 Å². The number of nitrogens with one attached hydrogen (secondary N) is 2. The summed E-state index contributed by atoms with van der Waals surface area (Å²) in [6, 6.07) is 13.8. The maximum Gasteiger partial charge on any atom is 0.277 e. The van der Waals surface area contributed by atoms with Crippen molar-refractivity contribution < 1.29 is 13.2 Å². The van der Waals surface area contributed by atoms with E-state index in [4.69, 9.17) is 0 Å². The van der Waals surface area contributed by atoms with Crippen molar-refractivity contribution in [2.24, 2.45) is 0 Å². The smallest absolute Gasteiger partial charge is 0.277 e. The lowest BCUT2D eigenvalue weighted by Crippen LogP contribution is -2.20. The Bertz CT molecular complexity index is 1050. The predicted octanol–water partition coefficient (Wildman–Crippen LogP) is 1.74. The Labute approximate surface area is 150 Å². The summed E-state index contributed by atoms with van der Waals surface area (Å²) >= 11 is 0. The number of nitrogens with zero attached hydrogens (tertiary/aromatic N) is 3. The van der Waals surface area contributed by atoms with Gasteiger partial charge in [-0.2, -0.15) is 9.90 Å². The Morgan fingerprint density at radius 1 is 1.12 bits per heavy atom. The molecule has 0 aliphatic carbocycles. The zero-order valence-electron chi connectivity index (χ0n) is 14.2. The molecular formula is C17H17N5O3S. The summed E-state index contributed by atoms with van der Waals surface area (Å²) in [5.74, 6) is -0.483. The van der Waals surface area contributed by atoms with E-state index in [9.17, 15) is 13.2 Å². The lowest BCUT2D eigenvalue weighted by molar-refractivity contribution is 0.102. The van der Waals surface area contributed by atoms with Gasteiger partial charge in [-0.05, 0) is 43.8 Å². The molecule has 1 amide bonds. The maximum absolute atomic E-state index is 12.4. The lowest BCUT2D eigenvalue weighted by Gasteiger charge is -2.09. The molecule has 0 atom stereocenters. The van der Waals surface area contributed by atoms with Crippen LogP contribution in [0.3, 0.4) is 0 Å². The first kappa shape index (κ1) is 17.8. The van der Waals surface area contributed by atoms with E-state index in [1.54, 1.807) is 19.1 Å². The molecule has 0 spiro atoms. The lowest BCUT2D eigenvalue weighted by atomic mass is 10.2. The van der Waals surface area contributed by atoms with Crippen molar-refractivity contribution in [3.63, 3.8) is 0 Å². The molecule has 9 heteroatoms. The number of anilines is 1. The summed E-state index contributed by atoms with van der Waals surface area (Å²) in [5.41, 5.74) is 1.77. The second-order valence-electron chi connectivity index (χ2n) is 5.50. The molecule has 0 aliphatic rings. The molecule has 3 aromatic rings. The van der Waals surface area contributed by atoms with Crippen molar-refractivity contribution >= 4 is 21.6 Å². The fourth-order valence-electron chi connectivity index (χ4n) is 2.33. The van der Waals surface area contributed by atoms with Crippen LogP contribution in [0.2, 0.25) is 0 Å². The standard InChI is InChI=1S/C17H17N5O3S/c1-12-8-9-13(10-16(12)26(24,25)18-2)20-17(23)15-11-19-22(21-15)14-6-4-3-5-7-14/h3-11,18H,1-2H3,(H,20,23). The van der Waals surface area contributed by atoms with Gasteiger partial charge in [0.05, 0.1) is 16.8 Å². The molecule has 8 nitrogen and oxygen atoms in total. The predicted molar refractivity (Wildman–Crippen MR) is 96.7 cm³/mol. The molecular weight excluding hydrogens is 354 g/mol. The van der Waals surface area contributed by atoms with E-state index in [0.29, 0.717) is 11.3 Å². The van der Waals surface area contributed by atoms with Crippen molar-refractivity contribution in [3.05, 3.63) is 66.0 Å². The molecule has 2 aromatic carbocycles. The Balaban J connectivity index is 1.83. The monoisotopic (exact) mass is 371 g/mol. The topological polar surface area (TPSA) is 106 Å². The minimum Gasteiger partial charge on any atom is -0.321 e. The van der Waals surface area contributed by atoms with E-state index in [-0.39, 0.29) is 10.6 Å². The first-order valence-corrected chi connectivity index (χ1v) is 9.22. The van der Waals surface area contributed by atoms with E-state index < -0.39 is 15.9 Å².